The molecule has 0 spiro atoms. The summed E-state index contributed by atoms with van der Waals surface area (Å²) in [6.45, 7) is 18.8. The quantitative estimate of drug-likeness (QED) is 0.623. The van der Waals surface area contributed by atoms with Crippen molar-refractivity contribution in [2.75, 3.05) is 0 Å². The van der Waals surface area contributed by atoms with Gasteiger partial charge >= 0.3 is 0 Å². The molecular formula is C18H31P2. The molecule has 20 heavy (non-hydrogen) atoms. The van der Waals surface area contributed by atoms with Crippen LogP contribution in [-0.4, -0.2) is 22.6 Å². The van der Waals surface area contributed by atoms with E-state index in [1.807, 2.05) is 0 Å². The van der Waals surface area contributed by atoms with Gasteiger partial charge in [0.05, 0.1) is 0 Å². The Bertz CT molecular complexity index is 335. The number of rotatable bonds is 6. The summed E-state index contributed by atoms with van der Waals surface area (Å²) in [5.74, 6) is 0. The second-order valence-corrected chi connectivity index (χ2v) is 13.4. The van der Waals surface area contributed by atoms with Gasteiger partial charge in [-0.05, 0) is 45.4 Å². The number of hydrogen-bond acceptors (Lipinski definition) is 0. The highest BCUT2D eigenvalue weighted by Gasteiger charge is 2.22. The molecular weight excluding hydrogens is 278 g/mol. The van der Waals surface area contributed by atoms with Crippen molar-refractivity contribution in [1.82, 2.24) is 0 Å². The Morgan fingerprint density at radius 2 is 1.15 bits per heavy atom. The predicted octanol–water partition coefficient (Wildman–Crippen LogP) is 5.33. The lowest BCUT2D eigenvalue weighted by atomic mass is 10.4. The molecule has 0 amide bonds. The topological polar surface area (TPSA) is 0 Å². The summed E-state index contributed by atoms with van der Waals surface area (Å²) in [6.07, 6.45) is 0. The first kappa shape index (κ1) is 18.1. The van der Waals surface area contributed by atoms with E-state index in [-0.39, 0.29) is 15.8 Å². The van der Waals surface area contributed by atoms with Crippen LogP contribution in [0.1, 0.15) is 55.4 Å². The van der Waals surface area contributed by atoms with Gasteiger partial charge in [-0.15, -0.1) is 0 Å². The third-order valence-electron chi connectivity index (χ3n) is 3.58. The van der Waals surface area contributed by atoms with Gasteiger partial charge in [0.25, 0.3) is 0 Å². The van der Waals surface area contributed by atoms with E-state index in [0.29, 0.717) is 0 Å². The van der Waals surface area contributed by atoms with E-state index >= 15 is 0 Å². The van der Waals surface area contributed by atoms with Crippen LogP contribution in [0.3, 0.4) is 0 Å². The maximum absolute atomic E-state index is 3.64. The molecule has 1 rings (SSSR count). The molecule has 0 heterocycles. The minimum absolute atomic E-state index is 0.0601. The third-order valence-corrected chi connectivity index (χ3v) is 9.74. The van der Waals surface area contributed by atoms with Crippen molar-refractivity contribution in [2.24, 2.45) is 0 Å². The summed E-state index contributed by atoms with van der Waals surface area (Å²) in [4.78, 5) is 0. The molecule has 0 fully saturated rings. The van der Waals surface area contributed by atoms with Crippen LogP contribution >= 0.6 is 15.8 Å². The molecule has 1 radical (unpaired) electrons. The van der Waals surface area contributed by atoms with Gasteiger partial charge in [-0.2, -0.15) is 0 Å². The van der Waals surface area contributed by atoms with Crippen LogP contribution in [0.15, 0.2) is 18.2 Å². The highest BCUT2D eigenvalue weighted by Crippen LogP contribution is 2.46. The lowest BCUT2D eigenvalue weighted by Crippen LogP contribution is -2.19. The Morgan fingerprint density at radius 3 is 1.45 bits per heavy atom. The fourth-order valence-corrected chi connectivity index (χ4v) is 8.69. The zero-order valence-corrected chi connectivity index (χ0v) is 16.2. The van der Waals surface area contributed by atoms with Crippen molar-refractivity contribution >= 4 is 26.5 Å². The second-order valence-electron chi connectivity index (χ2n) is 6.62. The zero-order chi connectivity index (χ0) is 15.4. The summed E-state index contributed by atoms with van der Waals surface area (Å²) in [6, 6.07) is 10.7. The van der Waals surface area contributed by atoms with E-state index < -0.39 is 0 Å². The van der Waals surface area contributed by atoms with Crippen molar-refractivity contribution in [3.63, 3.8) is 0 Å². The molecule has 0 saturated carbocycles. The molecule has 113 valence electrons. The maximum Gasteiger partial charge on any atom is -0.00938 e. The van der Waals surface area contributed by atoms with Crippen LogP contribution in [0.25, 0.3) is 0 Å². The van der Waals surface area contributed by atoms with E-state index in [4.69, 9.17) is 0 Å². The first-order chi connectivity index (χ1) is 9.25. The standard InChI is InChI=1S/C18H31P2/c1-13(2)19(14(3)4)17-9-11-18(12-10-17)20(15(5)6)16(7)8/h9-11,13-16H,1-8H3. The largest absolute Gasteiger partial charge is 0.0700 e. The van der Waals surface area contributed by atoms with E-state index in [2.05, 4.69) is 79.7 Å². The first-order valence-electron chi connectivity index (χ1n) is 7.84. The fourth-order valence-electron chi connectivity index (χ4n) is 3.07. The van der Waals surface area contributed by atoms with Crippen molar-refractivity contribution in [1.29, 1.82) is 0 Å². The molecule has 0 saturated heterocycles. The van der Waals surface area contributed by atoms with Gasteiger partial charge < -0.3 is 0 Å². The van der Waals surface area contributed by atoms with Gasteiger partial charge in [0.15, 0.2) is 0 Å². The predicted molar refractivity (Wildman–Crippen MR) is 98.9 cm³/mol. The van der Waals surface area contributed by atoms with E-state index in [1.165, 1.54) is 10.6 Å². The first-order valence-corrected chi connectivity index (χ1v) is 10.8. The Hall–Kier alpha value is 0.0800. The van der Waals surface area contributed by atoms with Gasteiger partial charge in [0.2, 0.25) is 0 Å². The molecule has 0 N–H and O–H groups in total. The Labute approximate surface area is 129 Å². The molecule has 1 aromatic rings. The highest BCUT2D eigenvalue weighted by molar-refractivity contribution is 7.67. The van der Waals surface area contributed by atoms with Crippen LogP contribution in [0.4, 0.5) is 0 Å². The van der Waals surface area contributed by atoms with Crippen molar-refractivity contribution in [3.05, 3.63) is 24.3 Å². The van der Waals surface area contributed by atoms with Gasteiger partial charge in [0.1, 0.15) is 0 Å². The summed E-state index contributed by atoms with van der Waals surface area (Å²) < 4.78 is 0. The smallest absolute Gasteiger partial charge is 0.00938 e. The molecule has 0 aromatic heterocycles. The van der Waals surface area contributed by atoms with Crippen LogP contribution in [0.5, 0.6) is 0 Å². The summed E-state index contributed by atoms with van der Waals surface area (Å²) >= 11 is 0. The molecule has 0 atom stereocenters. The lowest BCUT2D eigenvalue weighted by molar-refractivity contribution is 1.02. The van der Waals surface area contributed by atoms with Crippen molar-refractivity contribution < 1.29 is 0 Å². The molecule has 1 aromatic carbocycles. The Kier molecular flexibility index (Phi) is 7.17. The van der Waals surface area contributed by atoms with Crippen LogP contribution < -0.4 is 10.6 Å². The van der Waals surface area contributed by atoms with Gasteiger partial charge in [-0.25, -0.2) is 0 Å². The highest BCUT2D eigenvalue weighted by atomic mass is 31.1. The van der Waals surface area contributed by atoms with Crippen LogP contribution in [0, 0.1) is 6.07 Å². The van der Waals surface area contributed by atoms with Gasteiger partial charge in [-0.1, -0.05) is 83.4 Å². The monoisotopic (exact) mass is 309 g/mol. The SMILES string of the molecule is CC(C)P(c1[c]cc(P(C(C)C)C(C)C)cc1)C(C)C. The molecule has 0 nitrogen and oxygen atoms in total. The number of benzene rings is 1. The maximum atomic E-state index is 3.64. The second kappa shape index (κ2) is 7.91. The minimum Gasteiger partial charge on any atom is -0.0700 e. The Balaban J connectivity index is 3.03. The summed E-state index contributed by atoms with van der Waals surface area (Å²) in [5, 5.41) is 2.98. The number of hydrogen-bond donors (Lipinski definition) is 0. The summed E-state index contributed by atoms with van der Waals surface area (Å²) in [5.41, 5.74) is 2.98. The zero-order valence-electron chi connectivity index (χ0n) is 14.4. The van der Waals surface area contributed by atoms with Crippen LogP contribution in [0.2, 0.25) is 0 Å². The average molecular weight is 309 g/mol. The van der Waals surface area contributed by atoms with Crippen molar-refractivity contribution in [3.8, 4) is 0 Å². The average Bonchev–Trinajstić information content (AvgIpc) is 2.29. The Morgan fingerprint density at radius 1 is 0.700 bits per heavy atom. The summed E-state index contributed by atoms with van der Waals surface area (Å²) in [7, 11) is -0.145. The van der Waals surface area contributed by atoms with Crippen LogP contribution in [-0.2, 0) is 0 Å². The normalized spacial score (nSPS) is 12.7. The minimum atomic E-state index is -0.0844. The fraction of sp³-hybridized carbons (Fsp3) is 0.667. The molecule has 0 unspecified atom stereocenters. The lowest BCUT2D eigenvalue weighted by Gasteiger charge is -2.28. The van der Waals surface area contributed by atoms with Gasteiger partial charge in [-0.3, -0.25) is 0 Å². The van der Waals surface area contributed by atoms with E-state index in [0.717, 1.165) is 22.6 Å². The van der Waals surface area contributed by atoms with E-state index in [1.54, 1.807) is 0 Å². The molecule has 0 aliphatic heterocycles. The molecule has 0 aliphatic carbocycles. The van der Waals surface area contributed by atoms with Gasteiger partial charge in [0, 0.05) is 0 Å². The molecule has 2 heteroatoms. The molecule has 0 aliphatic rings. The van der Waals surface area contributed by atoms with E-state index in [9.17, 15) is 0 Å². The third kappa shape index (κ3) is 4.54. The van der Waals surface area contributed by atoms with Crippen molar-refractivity contribution in [2.45, 2.75) is 78.0 Å². The molecule has 0 bridgehead atoms.